The third-order valence-electron chi connectivity index (χ3n) is 2.17. The van der Waals surface area contributed by atoms with Crippen LogP contribution in [0, 0.1) is 0 Å². The molecule has 0 fully saturated rings. The van der Waals surface area contributed by atoms with Crippen LogP contribution in [0.1, 0.15) is 0 Å². The van der Waals surface area contributed by atoms with E-state index in [-0.39, 0.29) is 12.7 Å². The summed E-state index contributed by atoms with van der Waals surface area (Å²) >= 11 is -1.04. The summed E-state index contributed by atoms with van der Waals surface area (Å²) in [6.45, 7) is 0.261. The zero-order valence-electron chi connectivity index (χ0n) is 8.30. The zero-order chi connectivity index (χ0) is 10.8. The van der Waals surface area contributed by atoms with Crippen molar-refractivity contribution in [2.75, 3.05) is 19.5 Å². The van der Waals surface area contributed by atoms with Crippen LogP contribution in [0.4, 0.5) is 0 Å². The molecule has 2 rings (SSSR count). The topological polar surface area (TPSA) is 61.8 Å². The molecule has 1 heterocycles. The highest BCUT2D eigenvalue weighted by atomic mass is 32.2. The Balaban J connectivity index is 2.26. The molecule has 0 aliphatic carbocycles. The second-order valence-electron chi connectivity index (χ2n) is 3.30. The molecule has 0 spiro atoms. The first-order valence-electron chi connectivity index (χ1n) is 4.58. The molecule has 82 valence electrons. The van der Waals surface area contributed by atoms with Gasteiger partial charge in [-0.1, -0.05) is 0 Å². The van der Waals surface area contributed by atoms with Crippen LogP contribution in [-0.4, -0.2) is 35.2 Å². The molecule has 1 aliphatic rings. The summed E-state index contributed by atoms with van der Waals surface area (Å²) in [5.41, 5.74) is 0. The maximum atomic E-state index is 11.2. The standard InChI is InChI=1S/C10H12O4S/c1-15(12)8-2-3-9-10(4-8)14-7(5-11)6-13-9/h2-4,7,11H,5-6H2,1H3. The van der Waals surface area contributed by atoms with Gasteiger partial charge < -0.3 is 19.1 Å². The molecule has 0 amide bonds. The van der Waals surface area contributed by atoms with E-state index in [4.69, 9.17) is 14.6 Å². The van der Waals surface area contributed by atoms with Crippen LogP contribution in [0.25, 0.3) is 0 Å². The Morgan fingerprint density at radius 1 is 1.53 bits per heavy atom. The average Bonchev–Trinajstić information content (AvgIpc) is 2.27. The predicted octanol–water partition coefficient (Wildman–Crippen LogP) is 0.556. The fourth-order valence-electron chi connectivity index (χ4n) is 1.36. The van der Waals surface area contributed by atoms with E-state index in [0.29, 0.717) is 23.0 Å². The van der Waals surface area contributed by atoms with Crippen molar-refractivity contribution in [3.63, 3.8) is 0 Å². The predicted molar refractivity (Wildman–Crippen MR) is 55.8 cm³/mol. The van der Waals surface area contributed by atoms with Gasteiger partial charge in [0, 0.05) is 6.07 Å². The van der Waals surface area contributed by atoms with E-state index in [1.54, 1.807) is 24.5 Å². The van der Waals surface area contributed by atoms with E-state index in [1.165, 1.54) is 0 Å². The van der Waals surface area contributed by atoms with Gasteiger partial charge in [-0.2, -0.15) is 0 Å². The van der Waals surface area contributed by atoms with Crippen molar-refractivity contribution in [1.82, 2.24) is 0 Å². The largest absolute Gasteiger partial charge is 0.612 e. The molecule has 2 atom stereocenters. The van der Waals surface area contributed by atoms with Crippen LogP contribution in [-0.2, 0) is 11.2 Å². The summed E-state index contributed by atoms with van der Waals surface area (Å²) in [4.78, 5) is 0.691. The minimum absolute atomic E-state index is 0.0844. The Morgan fingerprint density at radius 2 is 2.33 bits per heavy atom. The van der Waals surface area contributed by atoms with Crippen LogP contribution >= 0.6 is 0 Å². The van der Waals surface area contributed by atoms with Crippen molar-refractivity contribution in [2.24, 2.45) is 0 Å². The number of fused-ring (bicyclic) bond motifs is 1. The molecule has 0 saturated heterocycles. The van der Waals surface area contributed by atoms with Crippen molar-refractivity contribution in [3.05, 3.63) is 18.2 Å². The minimum Gasteiger partial charge on any atom is -0.612 e. The molecule has 1 N–H and O–H groups in total. The van der Waals surface area contributed by atoms with Crippen molar-refractivity contribution >= 4 is 11.2 Å². The van der Waals surface area contributed by atoms with E-state index in [9.17, 15) is 4.55 Å². The van der Waals surface area contributed by atoms with E-state index in [0.717, 1.165) is 0 Å². The summed E-state index contributed by atoms with van der Waals surface area (Å²) in [5.74, 6) is 1.18. The van der Waals surface area contributed by atoms with Gasteiger partial charge in [-0.05, 0) is 23.3 Å². The maximum Gasteiger partial charge on any atom is 0.166 e. The summed E-state index contributed by atoms with van der Waals surface area (Å²) in [5, 5.41) is 8.93. The fourth-order valence-corrected chi connectivity index (χ4v) is 1.90. The lowest BCUT2D eigenvalue weighted by atomic mass is 10.2. The lowest BCUT2D eigenvalue weighted by molar-refractivity contribution is 0.0453. The third-order valence-corrected chi connectivity index (χ3v) is 3.09. The second kappa shape index (κ2) is 4.30. The van der Waals surface area contributed by atoms with Gasteiger partial charge in [-0.25, -0.2) is 0 Å². The second-order valence-corrected chi connectivity index (χ2v) is 4.68. The number of aliphatic hydroxyl groups excluding tert-OH is 1. The molecule has 1 aliphatic heterocycles. The van der Waals surface area contributed by atoms with Crippen LogP contribution in [0.3, 0.4) is 0 Å². The fraction of sp³-hybridized carbons (Fsp3) is 0.400. The molecule has 0 saturated carbocycles. The molecule has 2 unspecified atom stereocenters. The molecule has 5 heteroatoms. The van der Waals surface area contributed by atoms with Crippen LogP contribution < -0.4 is 9.47 Å². The number of aliphatic hydroxyl groups is 1. The Labute approximate surface area is 91.0 Å². The number of hydrogen-bond acceptors (Lipinski definition) is 4. The summed E-state index contributed by atoms with van der Waals surface area (Å²) in [6, 6.07) is 5.17. The average molecular weight is 228 g/mol. The van der Waals surface area contributed by atoms with Crippen molar-refractivity contribution < 1.29 is 19.1 Å². The van der Waals surface area contributed by atoms with Crippen LogP contribution in [0.15, 0.2) is 23.1 Å². The van der Waals surface area contributed by atoms with E-state index < -0.39 is 11.2 Å². The Hall–Kier alpha value is -0.910. The number of benzene rings is 1. The van der Waals surface area contributed by atoms with E-state index >= 15 is 0 Å². The smallest absolute Gasteiger partial charge is 0.166 e. The first-order chi connectivity index (χ1) is 7.20. The summed E-state index contributed by atoms with van der Waals surface area (Å²) < 4.78 is 22.1. The molecule has 0 radical (unpaired) electrons. The first-order valence-corrected chi connectivity index (χ1v) is 6.14. The lowest BCUT2D eigenvalue weighted by Crippen LogP contribution is -2.32. The SMILES string of the molecule is C[S+]([O-])c1ccc2c(c1)OC(CO)CO2. The molecule has 15 heavy (non-hydrogen) atoms. The van der Waals surface area contributed by atoms with E-state index in [1.807, 2.05) is 0 Å². The Morgan fingerprint density at radius 3 is 3.00 bits per heavy atom. The normalized spacial score (nSPS) is 21.1. The van der Waals surface area contributed by atoms with Crippen LogP contribution in [0.2, 0.25) is 0 Å². The van der Waals surface area contributed by atoms with Gasteiger partial charge in [-0.3, -0.25) is 0 Å². The van der Waals surface area contributed by atoms with Crippen molar-refractivity contribution in [1.29, 1.82) is 0 Å². The van der Waals surface area contributed by atoms with Gasteiger partial charge in [-0.15, -0.1) is 0 Å². The summed E-state index contributed by atoms with van der Waals surface area (Å²) in [7, 11) is 0. The molecule has 0 bridgehead atoms. The number of hydrogen-bond donors (Lipinski definition) is 1. The number of rotatable bonds is 2. The third kappa shape index (κ3) is 2.19. The molecule has 0 aromatic heterocycles. The highest BCUT2D eigenvalue weighted by Crippen LogP contribution is 2.33. The molecule has 1 aromatic rings. The Bertz CT molecular complexity index is 353. The van der Waals surface area contributed by atoms with Crippen molar-refractivity contribution in [3.8, 4) is 11.5 Å². The highest BCUT2D eigenvalue weighted by Gasteiger charge is 2.21. The quantitative estimate of drug-likeness (QED) is 0.751. The minimum atomic E-state index is -1.04. The summed E-state index contributed by atoms with van der Waals surface area (Å²) in [6.07, 6.45) is 1.27. The number of ether oxygens (including phenoxy) is 2. The van der Waals surface area contributed by atoms with E-state index in [2.05, 4.69) is 0 Å². The lowest BCUT2D eigenvalue weighted by Gasteiger charge is -2.25. The maximum absolute atomic E-state index is 11.2. The molecular weight excluding hydrogens is 216 g/mol. The first kappa shape index (κ1) is 10.6. The van der Waals surface area contributed by atoms with Gasteiger partial charge in [0.2, 0.25) is 0 Å². The highest BCUT2D eigenvalue weighted by molar-refractivity contribution is 7.90. The van der Waals surface area contributed by atoms with Gasteiger partial charge in [0.05, 0.1) is 6.61 Å². The van der Waals surface area contributed by atoms with Gasteiger partial charge >= 0.3 is 0 Å². The van der Waals surface area contributed by atoms with Gasteiger partial charge in [0.25, 0.3) is 0 Å². The molecule has 4 nitrogen and oxygen atoms in total. The van der Waals surface area contributed by atoms with Gasteiger partial charge in [0.15, 0.2) is 22.5 Å². The monoisotopic (exact) mass is 228 g/mol. The Kier molecular flexibility index (Phi) is 3.04. The zero-order valence-corrected chi connectivity index (χ0v) is 9.12. The molecule has 1 aromatic carbocycles. The van der Waals surface area contributed by atoms with Gasteiger partial charge in [0.1, 0.15) is 12.9 Å². The van der Waals surface area contributed by atoms with Crippen LogP contribution in [0.5, 0.6) is 11.5 Å². The molecular formula is C10H12O4S. The van der Waals surface area contributed by atoms with Crippen molar-refractivity contribution in [2.45, 2.75) is 11.0 Å².